The molecule has 1 amide bonds. The Bertz CT molecular complexity index is 1050. The van der Waals surface area contributed by atoms with Crippen LogP contribution in [0.25, 0.3) is 5.65 Å². The van der Waals surface area contributed by atoms with Gasteiger partial charge in [-0.25, -0.2) is 4.39 Å². The minimum atomic E-state index is -0.199. The number of carbonyl (C=O) groups excluding carboxylic acids is 1. The van der Waals surface area contributed by atoms with Gasteiger partial charge in [0.2, 0.25) is 5.91 Å². The summed E-state index contributed by atoms with van der Waals surface area (Å²) in [4.78, 5) is 17.0. The lowest BCUT2D eigenvalue weighted by Gasteiger charge is -2.22. The van der Waals surface area contributed by atoms with Crippen molar-refractivity contribution in [1.29, 1.82) is 0 Å². The monoisotopic (exact) mass is 394 g/mol. The van der Waals surface area contributed by atoms with Crippen LogP contribution >= 0.6 is 0 Å². The van der Waals surface area contributed by atoms with Crippen molar-refractivity contribution in [3.8, 4) is 0 Å². The van der Waals surface area contributed by atoms with Gasteiger partial charge in [0.25, 0.3) is 0 Å². The number of amides is 1. The normalized spacial score (nSPS) is 21.2. The molecule has 0 saturated carbocycles. The third-order valence-electron chi connectivity index (χ3n) is 6.16. The van der Waals surface area contributed by atoms with E-state index in [1.54, 1.807) is 23.8 Å². The molecule has 0 N–H and O–H groups in total. The fraction of sp³-hybridized carbons (Fsp3) is 0.429. The maximum absolute atomic E-state index is 13.4. The summed E-state index contributed by atoms with van der Waals surface area (Å²) >= 11 is 0. The van der Waals surface area contributed by atoms with Crippen molar-refractivity contribution in [2.24, 2.45) is 11.8 Å². The van der Waals surface area contributed by atoms with E-state index < -0.39 is 0 Å². The van der Waals surface area contributed by atoms with Gasteiger partial charge in [-0.3, -0.25) is 4.79 Å². The van der Waals surface area contributed by atoms with E-state index in [4.69, 9.17) is 0 Å². The summed E-state index contributed by atoms with van der Waals surface area (Å²) in [5, 5.41) is 12.4. The van der Waals surface area contributed by atoms with E-state index in [0.717, 1.165) is 43.2 Å². The van der Waals surface area contributed by atoms with Gasteiger partial charge in [-0.05, 0) is 42.7 Å². The van der Waals surface area contributed by atoms with Crippen molar-refractivity contribution in [1.82, 2.24) is 24.7 Å². The van der Waals surface area contributed by atoms with Gasteiger partial charge in [0.05, 0.1) is 0 Å². The first kappa shape index (κ1) is 18.0. The van der Waals surface area contributed by atoms with Gasteiger partial charge in [0.15, 0.2) is 5.65 Å². The van der Waals surface area contributed by atoms with Crippen LogP contribution in [0, 0.1) is 24.6 Å². The standard InChI is InChI=1S/C21H23FN6O/c1-14-8-15(2-4-18(14)22)3-7-21(29)27-11-16-9-26(10-17(16)12-27)20-6-5-19-24-23-13-28(19)25-20/h2,4-6,8,13,16-17H,3,7,9-12H2,1H3. The topological polar surface area (TPSA) is 66.6 Å². The van der Waals surface area contributed by atoms with Crippen molar-refractivity contribution < 1.29 is 9.18 Å². The number of carbonyl (C=O) groups is 1. The minimum absolute atomic E-state index is 0.192. The predicted octanol–water partition coefficient (Wildman–Crippen LogP) is 2.10. The number of halogens is 1. The van der Waals surface area contributed by atoms with E-state index in [1.165, 1.54) is 6.07 Å². The molecule has 0 radical (unpaired) electrons. The molecular formula is C21H23FN6O. The number of aromatic nitrogens is 4. The van der Waals surface area contributed by atoms with Gasteiger partial charge in [-0.15, -0.1) is 15.3 Å². The molecule has 2 saturated heterocycles. The molecule has 2 aromatic heterocycles. The fourth-order valence-electron chi connectivity index (χ4n) is 4.54. The van der Waals surface area contributed by atoms with Crippen LogP contribution in [0.3, 0.4) is 0 Å². The number of hydrogen-bond donors (Lipinski definition) is 0. The maximum atomic E-state index is 13.4. The zero-order chi connectivity index (χ0) is 20.0. The molecule has 0 aliphatic carbocycles. The Morgan fingerprint density at radius 3 is 2.69 bits per heavy atom. The van der Waals surface area contributed by atoms with Crippen molar-refractivity contribution in [3.05, 3.63) is 53.6 Å². The number of hydrogen-bond acceptors (Lipinski definition) is 5. The summed E-state index contributed by atoms with van der Waals surface area (Å²) in [6, 6.07) is 8.99. The number of nitrogens with zero attached hydrogens (tertiary/aromatic N) is 6. The zero-order valence-corrected chi connectivity index (χ0v) is 16.3. The summed E-state index contributed by atoms with van der Waals surface area (Å²) in [5.41, 5.74) is 2.38. The van der Waals surface area contributed by atoms with Crippen molar-refractivity contribution in [2.75, 3.05) is 31.1 Å². The average molecular weight is 394 g/mol. The zero-order valence-electron chi connectivity index (χ0n) is 16.3. The van der Waals surface area contributed by atoms with Crippen LogP contribution in [-0.4, -0.2) is 56.8 Å². The fourth-order valence-corrected chi connectivity index (χ4v) is 4.54. The molecule has 2 fully saturated rings. The second kappa shape index (κ2) is 7.09. The largest absolute Gasteiger partial charge is 0.354 e. The summed E-state index contributed by atoms with van der Waals surface area (Å²) in [6.07, 6.45) is 2.74. The predicted molar refractivity (Wildman–Crippen MR) is 106 cm³/mol. The molecule has 0 spiro atoms. The van der Waals surface area contributed by atoms with Crippen LogP contribution in [0.1, 0.15) is 17.5 Å². The molecule has 3 aromatic rings. The molecule has 2 atom stereocenters. The van der Waals surface area contributed by atoms with Crippen LogP contribution < -0.4 is 4.90 Å². The number of aryl methyl sites for hydroxylation is 2. The Balaban J connectivity index is 1.17. The van der Waals surface area contributed by atoms with Gasteiger partial charge in [-0.1, -0.05) is 12.1 Å². The quantitative estimate of drug-likeness (QED) is 0.678. The first-order valence-electron chi connectivity index (χ1n) is 10.0. The lowest BCUT2D eigenvalue weighted by atomic mass is 10.0. The maximum Gasteiger partial charge on any atom is 0.222 e. The summed E-state index contributed by atoms with van der Waals surface area (Å²) in [7, 11) is 0. The molecule has 5 rings (SSSR count). The molecule has 1 aromatic carbocycles. The Labute approximate surface area is 168 Å². The number of benzene rings is 1. The molecule has 2 aliphatic heterocycles. The first-order valence-corrected chi connectivity index (χ1v) is 10.0. The second-order valence-corrected chi connectivity index (χ2v) is 8.13. The van der Waals surface area contributed by atoms with Gasteiger partial charge in [0, 0.05) is 44.4 Å². The van der Waals surface area contributed by atoms with Crippen molar-refractivity contribution >= 4 is 17.4 Å². The minimum Gasteiger partial charge on any atom is -0.354 e. The number of fused-ring (bicyclic) bond motifs is 2. The van der Waals surface area contributed by atoms with Gasteiger partial charge >= 0.3 is 0 Å². The molecule has 29 heavy (non-hydrogen) atoms. The van der Waals surface area contributed by atoms with Crippen LogP contribution in [0.5, 0.6) is 0 Å². The Kier molecular flexibility index (Phi) is 4.41. The van der Waals surface area contributed by atoms with Gasteiger partial charge in [0.1, 0.15) is 18.0 Å². The number of rotatable bonds is 4. The van der Waals surface area contributed by atoms with E-state index in [9.17, 15) is 9.18 Å². The van der Waals surface area contributed by atoms with Crippen LogP contribution in [-0.2, 0) is 11.2 Å². The van der Waals surface area contributed by atoms with E-state index in [1.807, 2.05) is 23.1 Å². The lowest BCUT2D eigenvalue weighted by Crippen LogP contribution is -2.33. The van der Waals surface area contributed by atoms with Crippen LogP contribution in [0.2, 0.25) is 0 Å². The van der Waals surface area contributed by atoms with Crippen LogP contribution in [0.4, 0.5) is 10.2 Å². The van der Waals surface area contributed by atoms with E-state index in [2.05, 4.69) is 20.2 Å². The van der Waals surface area contributed by atoms with Gasteiger partial charge < -0.3 is 9.80 Å². The molecule has 7 nitrogen and oxygen atoms in total. The Morgan fingerprint density at radius 1 is 1.14 bits per heavy atom. The molecule has 4 heterocycles. The highest BCUT2D eigenvalue weighted by atomic mass is 19.1. The average Bonchev–Trinajstić information content (AvgIpc) is 3.42. The van der Waals surface area contributed by atoms with Gasteiger partial charge in [-0.2, -0.15) is 4.52 Å². The SMILES string of the molecule is Cc1cc(CCC(=O)N2CC3CN(c4ccc5nncn5n4)CC3C2)ccc1F. The molecule has 0 bridgehead atoms. The first-order chi connectivity index (χ1) is 14.1. The third kappa shape index (κ3) is 3.43. The molecule has 150 valence electrons. The van der Waals surface area contributed by atoms with E-state index in [0.29, 0.717) is 30.2 Å². The molecular weight excluding hydrogens is 371 g/mol. The van der Waals surface area contributed by atoms with Crippen LogP contribution in [0.15, 0.2) is 36.7 Å². The van der Waals surface area contributed by atoms with E-state index in [-0.39, 0.29) is 11.7 Å². The highest BCUT2D eigenvalue weighted by Gasteiger charge is 2.41. The summed E-state index contributed by atoms with van der Waals surface area (Å²) < 4.78 is 15.1. The Hall–Kier alpha value is -3.03. The van der Waals surface area contributed by atoms with E-state index >= 15 is 0 Å². The summed E-state index contributed by atoms with van der Waals surface area (Å²) in [5.74, 6) is 1.87. The molecule has 8 heteroatoms. The number of likely N-dealkylation sites (tertiary alicyclic amines) is 1. The number of anilines is 1. The summed E-state index contributed by atoms with van der Waals surface area (Å²) in [6.45, 7) is 5.18. The lowest BCUT2D eigenvalue weighted by molar-refractivity contribution is -0.130. The van der Waals surface area contributed by atoms with Crippen molar-refractivity contribution in [2.45, 2.75) is 19.8 Å². The molecule has 2 aliphatic rings. The highest BCUT2D eigenvalue weighted by Crippen LogP contribution is 2.33. The molecule has 2 unspecified atom stereocenters. The van der Waals surface area contributed by atoms with Crippen molar-refractivity contribution in [3.63, 3.8) is 0 Å². The third-order valence-corrected chi connectivity index (χ3v) is 6.16. The Morgan fingerprint density at radius 2 is 1.93 bits per heavy atom. The second-order valence-electron chi connectivity index (χ2n) is 8.13. The smallest absolute Gasteiger partial charge is 0.222 e. The highest BCUT2D eigenvalue weighted by molar-refractivity contribution is 5.77.